The molecule has 2 aromatic carbocycles. The monoisotopic (exact) mass is 721 g/mol. The predicted molar refractivity (Wildman–Crippen MR) is 119 cm³/mol. The molecular weight excluding hydrogens is 703 g/mol. The highest BCUT2D eigenvalue weighted by Crippen LogP contribution is 2.54. The second kappa shape index (κ2) is 10.3. The van der Waals surface area contributed by atoms with Crippen LogP contribution in [0.2, 0.25) is 0 Å². The molecule has 2 fully saturated rings. The summed E-state index contributed by atoms with van der Waals surface area (Å²) in [6, 6.07) is 17.6. The molecule has 2 heterocycles. The average Bonchev–Trinajstić information content (AvgIpc) is 3.62. The quantitative estimate of drug-likeness (QED) is 0.142. The summed E-state index contributed by atoms with van der Waals surface area (Å²) in [5.41, 5.74) is 2.93. The van der Waals surface area contributed by atoms with Crippen LogP contribution in [0.5, 0.6) is 0 Å². The molecular formula is C25H19ClF6INO5S. The van der Waals surface area contributed by atoms with Crippen LogP contribution in [-0.4, -0.2) is 42.4 Å². The van der Waals surface area contributed by atoms with Crippen molar-refractivity contribution in [2.24, 2.45) is 23.7 Å². The second-order valence-electron chi connectivity index (χ2n) is 9.53. The lowest BCUT2D eigenvalue weighted by Gasteiger charge is -2.30. The summed E-state index contributed by atoms with van der Waals surface area (Å²) in [6.07, 6.45) is 3.61. The molecule has 216 valence electrons. The zero-order valence-corrected chi connectivity index (χ0v) is 23.9. The molecule has 1 saturated heterocycles. The minimum Gasteiger partial charge on any atom is -1.00 e. The Labute approximate surface area is 241 Å². The number of alkyl halides is 6. The largest absolute Gasteiger partial charge is 1.00 e. The van der Waals surface area contributed by atoms with Gasteiger partial charge in [0, 0.05) is 18.1 Å². The van der Waals surface area contributed by atoms with E-state index < -0.39 is 74.7 Å². The molecule has 2 aromatic rings. The molecule has 15 heteroatoms. The maximum atomic E-state index is 13.6. The highest BCUT2D eigenvalue weighted by Gasteiger charge is 2.77. The van der Waals surface area contributed by atoms with E-state index in [1.807, 2.05) is 0 Å². The molecule has 0 aromatic heterocycles. The third-order valence-corrected chi connectivity index (χ3v) is 11.3. The van der Waals surface area contributed by atoms with Gasteiger partial charge in [-0.2, -0.15) is 34.8 Å². The highest BCUT2D eigenvalue weighted by molar-refractivity contribution is 7.87. The number of imide groups is 1. The number of halogens is 8. The predicted octanol–water partition coefficient (Wildman–Crippen LogP) is -1.26. The number of hydrogen-bond donors (Lipinski definition) is 0. The van der Waals surface area contributed by atoms with Crippen molar-refractivity contribution in [2.75, 3.05) is 0 Å². The Balaban J connectivity index is 0.000000220. The summed E-state index contributed by atoms with van der Waals surface area (Å²) in [6.45, 7) is -0.601. The number of amides is 2. The molecule has 1 saturated carbocycles. The maximum absolute atomic E-state index is 13.6. The van der Waals surface area contributed by atoms with E-state index in [2.05, 4.69) is 52.8 Å². The van der Waals surface area contributed by atoms with E-state index in [1.54, 1.807) is 19.3 Å². The molecule has 2 amide bonds. The molecule has 2 bridgehead atoms. The van der Waals surface area contributed by atoms with E-state index in [-0.39, 0.29) is 33.6 Å². The summed E-state index contributed by atoms with van der Waals surface area (Å²) < 4.78 is 109. The molecule has 4 aliphatic rings. The zero-order chi connectivity index (χ0) is 28.5. The van der Waals surface area contributed by atoms with Crippen LogP contribution in [-0.2, 0) is 24.0 Å². The first-order chi connectivity index (χ1) is 18.1. The molecule has 40 heavy (non-hydrogen) atoms. The maximum Gasteiger partial charge on any atom is 0.440 e. The standard InChI is InChI=1S/C13H11F6NO5S.C12H8I.ClH/c1-11(14,15)12(16,17)13(18,19)26(23,24)25-20-9(21)7-5-2-3-6(4-5)8(7)10(20)22;1-3-7-11-9(5-1)10-6-2-4-8-12(10)13-11;/h2-3,5-8H,4H2,1H3;1-8H;1H/q;+1;/p-1. The van der Waals surface area contributed by atoms with Crippen molar-refractivity contribution in [3.05, 3.63) is 67.8 Å². The molecule has 2 aliphatic heterocycles. The Morgan fingerprint density at radius 3 is 1.68 bits per heavy atom. The first kappa shape index (κ1) is 30.8. The Hall–Kier alpha value is -2.17. The van der Waals surface area contributed by atoms with E-state index >= 15 is 0 Å². The van der Waals surface area contributed by atoms with Crippen LogP contribution in [0.25, 0.3) is 11.1 Å². The van der Waals surface area contributed by atoms with Crippen molar-refractivity contribution < 1.29 is 82.2 Å². The number of carbonyl (C=O) groups excluding carboxylic acids is 2. The third kappa shape index (κ3) is 4.64. The zero-order valence-electron chi connectivity index (χ0n) is 20.2. The van der Waals surface area contributed by atoms with Gasteiger partial charge in [0.1, 0.15) is 0 Å². The van der Waals surface area contributed by atoms with Crippen LogP contribution >= 0.6 is 0 Å². The topological polar surface area (TPSA) is 80.8 Å². The summed E-state index contributed by atoms with van der Waals surface area (Å²) in [5, 5.41) is -6.93. The molecule has 4 unspecified atom stereocenters. The number of rotatable bonds is 5. The van der Waals surface area contributed by atoms with Crippen molar-refractivity contribution in [1.29, 1.82) is 0 Å². The van der Waals surface area contributed by atoms with E-state index in [0.717, 1.165) is 0 Å². The van der Waals surface area contributed by atoms with Crippen molar-refractivity contribution in [1.82, 2.24) is 5.06 Å². The lowest BCUT2D eigenvalue weighted by Crippen LogP contribution is -3.61. The van der Waals surface area contributed by atoms with Crippen molar-refractivity contribution >= 4 is 21.9 Å². The molecule has 4 atom stereocenters. The fraction of sp³-hybridized carbons (Fsp3) is 0.360. The SMILES string of the molecule is CC(F)(F)C(F)(F)C(F)(F)S(=O)(=O)ON1C(=O)C2C3C=CC(C3)C2C1=O.[Cl-].c1ccc2c(c1)[I+]c1ccccc1-2. The summed E-state index contributed by atoms with van der Waals surface area (Å²) in [7, 11) is -6.79. The number of allylic oxidation sites excluding steroid dienone is 2. The molecule has 0 N–H and O–H groups in total. The van der Waals surface area contributed by atoms with Gasteiger partial charge in [-0.3, -0.25) is 9.59 Å². The Kier molecular flexibility index (Phi) is 7.91. The minimum absolute atomic E-state index is 0. The van der Waals surface area contributed by atoms with Gasteiger partial charge in [0.2, 0.25) is 7.14 Å². The molecule has 6 rings (SSSR count). The van der Waals surface area contributed by atoms with Gasteiger partial charge in [0.25, 0.3) is 11.8 Å². The van der Waals surface area contributed by atoms with Crippen LogP contribution < -0.4 is 33.6 Å². The lowest BCUT2D eigenvalue weighted by molar-refractivity contribution is -0.589. The van der Waals surface area contributed by atoms with Gasteiger partial charge < -0.3 is 12.4 Å². The van der Waals surface area contributed by atoms with Crippen LogP contribution in [0.4, 0.5) is 26.3 Å². The molecule has 0 spiro atoms. The number of hydrogen-bond acceptors (Lipinski definition) is 5. The Morgan fingerprint density at radius 1 is 0.825 bits per heavy atom. The normalized spacial score (nSPS) is 24.7. The first-order valence-electron chi connectivity index (χ1n) is 11.6. The van der Waals surface area contributed by atoms with Gasteiger partial charge >= 0.3 is 48.4 Å². The smallest absolute Gasteiger partial charge is 0.440 e. The van der Waals surface area contributed by atoms with Crippen molar-refractivity contribution in [2.45, 2.75) is 30.4 Å². The van der Waals surface area contributed by atoms with Gasteiger partial charge in [0.15, 0.2) is 0 Å². The number of nitrogens with zero attached hydrogens (tertiary/aromatic N) is 1. The molecule has 2 aliphatic carbocycles. The fourth-order valence-corrected chi connectivity index (χ4v) is 8.99. The van der Waals surface area contributed by atoms with Crippen molar-refractivity contribution in [3.63, 3.8) is 0 Å². The Morgan fingerprint density at radius 2 is 1.25 bits per heavy atom. The van der Waals surface area contributed by atoms with Crippen LogP contribution in [0.15, 0.2) is 60.7 Å². The average molecular weight is 722 g/mol. The van der Waals surface area contributed by atoms with E-state index in [9.17, 15) is 44.3 Å². The van der Waals surface area contributed by atoms with Crippen LogP contribution in [0.1, 0.15) is 13.3 Å². The third-order valence-electron chi connectivity index (χ3n) is 7.07. The summed E-state index contributed by atoms with van der Waals surface area (Å²) in [5.74, 6) is -17.4. The highest BCUT2D eigenvalue weighted by atomic mass is 127. The molecule has 6 nitrogen and oxygen atoms in total. The second-order valence-corrected chi connectivity index (χ2v) is 14.0. The lowest BCUT2D eigenvalue weighted by atomic mass is 9.85. The number of carbonyl (C=O) groups is 2. The Bertz CT molecular complexity index is 1430. The number of benzene rings is 2. The van der Waals surface area contributed by atoms with Crippen LogP contribution in [0, 0.1) is 30.8 Å². The van der Waals surface area contributed by atoms with Crippen LogP contribution in [0.3, 0.4) is 0 Å². The van der Waals surface area contributed by atoms with E-state index in [1.165, 1.54) is 11.1 Å². The van der Waals surface area contributed by atoms with E-state index in [0.29, 0.717) is 6.42 Å². The summed E-state index contributed by atoms with van der Waals surface area (Å²) >= 11 is 0.103. The van der Waals surface area contributed by atoms with Gasteiger partial charge in [-0.05, 0) is 42.5 Å². The number of hydroxylamine groups is 2. The fourth-order valence-electron chi connectivity index (χ4n) is 5.14. The summed E-state index contributed by atoms with van der Waals surface area (Å²) in [4.78, 5) is 24.3. The minimum atomic E-state index is -6.79. The van der Waals surface area contributed by atoms with Gasteiger partial charge in [-0.15, -0.1) is 9.35 Å². The van der Waals surface area contributed by atoms with E-state index in [4.69, 9.17) is 0 Å². The van der Waals surface area contributed by atoms with Gasteiger partial charge in [0.05, 0.1) is 11.8 Å². The van der Waals surface area contributed by atoms with Crippen molar-refractivity contribution in [3.8, 4) is 11.1 Å². The van der Waals surface area contributed by atoms with Gasteiger partial charge in [-0.25, -0.2) is 0 Å². The first-order valence-corrected chi connectivity index (χ1v) is 15.1. The van der Waals surface area contributed by atoms with Gasteiger partial charge in [-0.1, -0.05) is 36.4 Å². The molecule has 0 radical (unpaired) electrons. The number of fused-ring (bicyclic) bond motifs is 8.